The maximum absolute atomic E-state index is 5.45. The molecular formula is C24H19N5S2. The maximum atomic E-state index is 5.45. The van der Waals surface area contributed by atoms with Crippen LogP contribution < -0.4 is 0 Å². The number of imidazole rings is 1. The van der Waals surface area contributed by atoms with E-state index in [1.165, 1.54) is 0 Å². The van der Waals surface area contributed by atoms with E-state index in [4.69, 9.17) is 17.2 Å². The largest absolute Gasteiger partial charge is 0.332 e. The molecule has 0 unspecified atom stereocenters. The summed E-state index contributed by atoms with van der Waals surface area (Å²) >= 11 is 7.05. The minimum atomic E-state index is 0.580. The van der Waals surface area contributed by atoms with Gasteiger partial charge in [0, 0.05) is 16.8 Å². The van der Waals surface area contributed by atoms with Gasteiger partial charge in [-0.2, -0.15) is 5.10 Å². The molecule has 2 N–H and O–H groups in total. The van der Waals surface area contributed by atoms with Gasteiger partial charge in [-0.3, -0.25) is 9.67 Å². The summed E-state index contributed by atoms with van der Waals surface area (Å²) in [4.78, 5) is 8.43. The van der Waals surface area contributed by atoms with Gasteiger partial charge in [0.1, 0.15) is 5.82 Å². The molecule has 5 rings (SSSR count). The third-order valence-electron chi connectivity index (χ3n) is 4.89. The zero-order chi connectivity index (χ0) is 21.0. The molecule has 0 aliphatic rings. The van der Waals surface area contributed by atoms with E-state index in [0.717, 1.165) is 39.2 Å². The lowest BCUT2D eigenvalue weighted by Crippen LogP contribution is -2.00. The van der Waals surface area contributed by atoms with Gasteiger partial charge in [-0.1, -0.05) is 90.6 Å². The van der Waals surface area contributed by atoms with E-state index in [1.54, 1.807) is 11.8 Å². The minimum Gasteiger partial charge on any atom is -0.332 e. The third kappa shape index (κ3) is 4.10. The lowest BCUT2D eigenvalue weighted by molar-refractivity contribution is 0.944. The summed E-state index contributed by atoms with van der Waals surface area (Å²) in [7, 11) is 0. The van der Waals surface area contributed by atoms with Crippen molar-refractivity contribution < 1.29 is 0 Å². The number of rotatable bonds is 6. The Kier molecular flexibility index (Phi) is 5.52. The molecule has 5 nitrogen and oxygen atoms in total. The van der Waals surface area contributed by atoms with Crippen LogP contribution in [0.5, 0.6) is 0 Å². The van der Waals surface area contributed by atoms with Gasteiger partial charge in [0.2, 0.25) is 0 Å². The summed E-state index contributed by atoms with van der Waals surface area (Å²) in [5, 5.41) is 8.19. The molecule has 0 aliphatic heterocycles. The first-order valence-electron chi connectivity index (χ1n) is 9.85. The molecule has 152 valence electrons. The number of nitrogens with one attached hydrogen (secondary N) is 2. The van der Waals surface area contributed by atoms with Crippen LogP contribution in [0.4, 0.5) is 0 Å². The van der Waals surface area contributed by atoms with Crippen LogP contribution in [0.1, 0.15) is 5.82 Å². The zero-order valence-corrected chi connectivity index (χ0v) is 18.2. The van der Waals surface area contributed by atoms with Crippen LogP contribution in [-0.4, -0.2) is 24.7 Å². The van der Waals surface area contributed by atoms with Crippen LogP contribution in [0.15, 0.2) is 96.2 Å². The highest BCUT2D eigenvalue weighted by Gasteiger charge is 2.16. The van der Waals surface area contributed by atoms with E-state index in [-0.39, 0.29) is 0 Å². The second-order valence-electron chi connectivity index (χ2n) is 6.90. The van der Waals surface area contributed by atoms with Crippen LogP contribution in [-0.2, 0) is 5.75 Å². The molecule has 5 aromatic rings. The minimum absolute atomic E-state index is 0.580. The number of hydrogen-bond donors (Lipinski definition) is 2. The van der Waals surface area contributed by atoms with Gasteiger partial charge in [-0.15, -0.1) is 0 Å². The molecule has 0 fully saturated rings. The van der Waals surface area contributed by atoms with Crippen molar-refractivity contribution in [3.8, 4) is 28.2 Å². The first-order valence-corrected chi connectivity index (χ1v) is 11.2. The van der Waals surface area contributed by atoms with Crippen molar-refractivity contribution in [1.29, 1.82) is 0 Å². The monoisotopic (exact) mass is 441 g/mol. The zero-order valence-electron chi connectivity index (χ0n) is 16.5. The first kappa shape index (κ1) is 19.5. The molecule has 0 radical (unpaired) electrons. The van der Waals surface area contributed by atoms with Crippen molar-refractivity contribution in [3.63, 3.8) is 0 Å². The number of thioether (sulfide) groups is 1. The first-order chi connectivity index (χ1) is 15.3. The summed E-state index contributed by atoms with van der Waals surface area (Å²) in [5.41, 5.74) is 5.13. The Hall–Kier alpha value is -3.42. The molecule has 0 saturated carbocycles. The summed E-state index contributed by atoms with van der Waals surface area (Å²) < 4.78 is 2.54. The third-order valence-corrected chi connectivity index (χ3v) is 6.03. The number of para-hydroxylation sites is 1. The number of benzene rings is 3. The van der Waals surface area contributed by atoms with E-state index >= 15 is 0 Å². The fraction of sp³-hybridized carbons (Fsp3) is 0.0417. The molecule has 2 heterocycles. The summed E-state index contributed by atoms with van der Waals surface area (Å²) in [6, 6.07) is 30.5. The van der Waals surface area contributed by atoms with Gasteiger partial charge in [-0.05, 0) is 24.4 Å². The topological polar surface area (TPSA) is 62.3 Å². The van der Waals surface area contributed by atoms with Crippen molar-refractivity contribution in [2.24, 2.45) is 0 Å². The Bertz CT molecular complexity index is 1280. The SMILES string of the molecule is S=c1[nH]nc(CSc2nc(-c3ccccc3)c(-c3ccccc3)[nH]2)n1-c1ccccc1. The van der Waals surface area contributed by atoms with Gasteiger partial charge >= 0.3 is 0 Å². The predicted molar refractivity (Wildman–Crippen MR) is 128 cm³/mol. The van der Waals surface area contributed by atoms with Gasteiger partial charge in [0.15, 0.2) is 9.93 Å². The summed E-state index contributed by atoms with van der Waals surface area (Å²) in [6.07, 6.45) is 0. The molecule has 0 bridgehead atoms. The van der Waals surface area contributed by atoms with E-state index in [1.807, 2.05) is 71.3 Å². The summed E-state index contributed by atoms with van der Waals surface area (Å²) in [6.45, 7) is 0. The highest BCUT2D eigenvalue weighted by atomic mass is 32.2. The van der Waals surface area contributed by atoms with E-state index < -0.39 is 0 Å². The lowest BCUT2D eigenvalue weighted by Gasteiger charge is -2.05. The Balaban J connectivity index is 1.48. The molecule has 0 atom stereocenters. The molecule has 7 heteroatoms. The predicted octanol–water partition coefficient (Wildman–Crippen LogP) is 6.28. The second-order valence-corrected chi connectivity index (χ2v) is 8.25. The molecule has 2 aromatic heterocycles. The smallest absolute Gasteiger partial charge is 0.199 e. The Morgan fingerprint density at radius 2 is 1.42 bits per heavy atom. The normalized spacial score (nSPS) is 11.0. The lowest BCUT2D eigenvalue weighted by atomic mass is 10.1. The van der Waals surface area contributed by atoms with Crippen LogP contribution in [0.3, 0.4) is 0 Å². The number of hydrogen-bond acceptors (Lipinski definition) is 4. The fourth-order valence-electron chi connectivity index (χ4n) is 3.44. The summed E-state index contributed by atoms with van der Waals surface area (Å²) in [5.74, 6) is 1.47. The molecule has 0 saturated heterocycles. The van der Waals surface area contributed by atoms with Crippen LogP contribution >= 0.6 is 24.0 Å². The van der Waals surface area contributed by atoms with Gasteiger partial charge in [0.05, 0.1) is 17.1 Å². The van der Waals surface area contributed by atoms with Gasteiger partial charge in [-0.25, -0.2) is 4.98 Å². The Labute approximate surface area is 189 Å². The van der Waals surface area contributed by atoms with Gasteiger partial charge < -0.3 is 4.98 Å². The highest BCUT2D eigenvalue weighted by Crippen LogP contribution is 2.33. The number of H-pyrrole nitrogens is 2. The molecule has 0 spiro atoms. The van der Waals surface area contributed by atoms with Crippen molar-refractivity contribution in [2.45, 2.75) is 10.9 Å². The quantitative estimate of drug-likeness (QED) is 0.240. The average Bonchev–Trinajstić information content (AvgIpc) is 3.43. The van der Waals surface area contributed by atoms with Crippen molar-refractivity contribution >= 4 is 24.0 Å². The van der Waals surface area contributed by atoms with Crippen LogP contribution in [0.25, 0.3) is 28.2 Å². The van der Waals surface area contributed by atoms with Crippen LogP contribution in [0.2, 0.25) is 0 Å². The molecule has 0 amide bonds. The van der Waals surface area contributed by atoms with Crippen molar-refractivity contribution in [1.82, 2.24) is 24.7 Å². The Morgan fingerprint density at radius 1 is 0.806 bits per heavy atom. The Morgan fingerprint density at radius 3 is 2.10 bits per heavy atom. The van der Waals surface area contributed by atoms with Gasteiger partial charge in [0.25, 0.3) is 0 Å². The van der Waals surface area contributed by atoms with E-state index in [9.17, 15) is 0 Å². The number of aromatic nitrogens is 5. The molecule has 3 aromatic carbocycles. The maximum Gasteiger partial charge on any atom is 0.199 e. The second kappa shape index (κ2) is 8.75. The van der Waals surface area contributed by atoms with Crippen LogP contribution in [0, 0.1) is 4.77 Å². The standard InChI is InChI=1S/C24H19N5S2/c30-24-28-27-20(29(24)19-14-8-3-9-15-19)16-31-23-25-21(17-10-4-1-5-11-17)22(26-23)18-12-6-2-7-13-18/h1-15H,16H2,(H,25,26)(H,28,30). The molecular weight excluding hydrogens is 422 g/mol. The highest BCUT2D eigenvalue weighted by molar-refractivity contribution is 7.98. The van der Waals surface area contributed by atoms with Crippen molar-refractivity contribution in [3.05, 3.63) is 102 Å². The average molecular weight is 442 g/mol. The number of aromatic amines is 2. The number of nitrogens with zero attached hydrogens (tertiary/aromatic N) is 3. The van der Waals surface area contributed by atoms with Crippen molar-refractivity contribution in [2.75, 3.05) is 0 Å². The van der Waals surface area contributed by atoms with E-state index in [0.29, 0.717) is 10.5 Å². The van der Waals surface area contributed by atoms with E-state index in [2.05, 4.69) is 39.4 Å². The molecule has 0 aliphatic carbocycles. The fourth-order valence-corrected chi connectivity index (χ4v) is 4.49. The molecule has 31 heavy (non-hydrogen) atoms.